The van der Waals surface area contributed by atoms with Gasteiger partial charge in [0.15, 0.2) is 0 Å². The second-order valence-electron chi connectivity index (χ2n) is 8.22. The van der Waals surface area contributed by atoms with Crippen molar-refractivity contribution in [2.75, 3.05) is 4.90 Å². The highest BCUT2D eigenvalue weighted by atomic mass is 32.1. The van der Waals surface area contributed by atoms with Gasteiger partial charge in [-0.15, -0.1) is 16.9 Å². The fourth-order valence-corrected chi connectivity index (χ4v) is 4.65. The number of hydrogen-bond donors (Lipinski definition) is 0. The molecule has 0 N–H and O–H groups in total. The van der Waals surface area contributed by atoms with Crippen LogP contribution in [0.25, 0.3) is 10.4 Å². The van der Waals surface area contributed by atoms with Gasteiger partial charge in [-0.3, -0.25) is 0 Å². The third-order valence-corrected chi connectivity index (χ3v) is 6.53. The normalized spacial score (nSPS) is 10.9. The van der Waals surface area contributed by atoms with Gasteiger partial charge in [0.1, 0.15) is 8.07 Å². The van der Waals surface area contributed by atoms with Crippen molar-refractivity contribution in [2.45, 2.75) is 19.6 Å². The average molecular weight is 424 g/mol. The van der Waals surface area contributed by atoms with Crippen LogP contribution in [-0.2, 0) is 0 Å². The Balaban J connectivity index is 1.65. The predicted molar refractivity (Wildman–Crippen MR) is 135 cm³/mol. The maximum Gasteiger partial charge on any atom is 0.129 e. The molecule has 3 aromatic carbocycles. The summed E-state index contributed by atoms with van der Waals surface area (Å²) in [5.41, 5.74) is 8.13. The topological polar surface area (TPSA) is 3.24 Å². The van der Waals surface area contributed by atoms with E-state index < -0.39 is 8.07 Å². The van der Waals surface area contributed by atoms with Crippen LogP contribution in [0, 0.1) is 11.5 Å². The van der Waals surface area contributed by atoms with Crippen LogP contribution in [-0.4, -0.2) is 8.07 Å². The summed E-state index contributed by atoms with van der Waals surface area (Å²) in [5, 5.41) is 0. The van der Waals surface area contributed by atoms with Crippen molar-refractivity contribution in [1.82, 2.24) is 0 Å². The Hall–Kier alpha value is -3.06. The van der Waals surface area contributed by atoms with Crippen molar-refractivity contribution >= 4 is 36.5 Å². The molecule has 0 fully saturated rings. The summed E-state index contributed by atoms with van der Waals surface area (Å²) in [6.07, 6.45) is 0. The highest BCUT2D eigenvalue weighted by molar-refractivity contribution is 7.16. The van der Waals surface area contributed by atoms with Gasteiger partial charge in [0.05, 0.1) is 4.88 Å². The lowest BCUT2D eigenvalue weighted by molar-refractivity contribution is 1.28. The number of thiophene rings is 1. The lowest BCUT2D eigenvalue weighted by Crippen LogP contribution is -2.16. The van der Waals surface area contributed by atoms with Crippen molar-refractivity contribution in [2.24, 2.45) is 0 Å². The molecular weight excluding hydrogens is 398 g/mol. The van der Waals surface area contributed by atoms with Crippen LogP contribution in [0.4, 0.5) is 17.1 Å². The van der Waals surface area contributed by atoms with E-state index in [0.29, 0.717) is 0 Å². The first-order valence-electron chi connectivity index (χ1n) is 10.1. The minimum Gasteiger partial charge on any atom is -0.311 e. The molecule has 4 aromatic rings. The maximum absolute atomic E-state index is 3.46. The number of nitrogens with zero attached hydrogens (tertiary/aromatic N) is 1. The standard InChI is InChI=1S/C27H25NSSi/c1-30(2,3)21-20-26-18-19-27(29-26)22-14-16-25(17-15-22)28(23-10-6-4-7-11-23)24-12-8-5-9-13-24/h4-19H,1-3H3. The van der Waals surface area contributed by atoms with Gasteiger partial charge in [0.25, 0.3) is 0 Å². The quantitative estimate of drug-likeness (QED) is 0.237. The van der Waals surface area contributed by atoms with Crippen LogP contribution >= 0.6 is 11.3 Å². The molecule has 0 saturated heterocycles. The van der Waals surface area contributed by atoms with Crippen molar-refractivity contribution in [3.8, 4) is 21.9 Å². The van der Waals surface area contributed by atoms with Gasteiger partial charge < -0.3 is 4.90 Å². The Labute approximate surface area is 184 Å². The number of anilines is 3. The zero-order valence-electron chi connectivity index (χ0n) is 17.6. The van der Waals surface area contributed by atoms with E-state index in [1.165, 1.54) is 10.4 Å². The van der Waals surface area contributed by atoms with E-state index >= 15 is 0 Å². The van der Waals surface area contributed by atoms with Crippen LogP contribution in [0.5, 0.6) is 0 Å². The average Bonchev–Trinajstić information content (AvgIpc) is 3.23. The second kappa shape index (κ2) is 8.75. The molecule has 1 aromatic heterocycles. The van der Waals surface area contributed by atoms with Gasteiger partial charge in [-0.2, -0.15) is 0 Å². The summed E-state index contributed by atoms with van der Waals surface area (Å²) in [6.45, 7) is 6.83. The molecule has 3 heteroatoms. The fourth-order valence-electron chi connectivity index (χ4n) is 3.19. The second-order valence-corrected chi connectivity index (χ2v) is 14.1. The summed E-state index contributed by atoms with van der Waals surface area (Å²) in [4.78, 5) is 4.68. The first kappa shape index (κ1) is 20.2. The lowest BCUT2D eigenvalue weighted by Gasteiger charge is -2.25. The molecule has 0 saturated carbocycles. The molecular formula is C27H25NSSi. The first-order chi connectivity index (χ1) is 14.5. The van der Waals surface area contributed by atoms with Gasteiger partial charge in [-0.1, -0.05) is 74.1 Å². The molecule has 0 amide bonds. The van der Waals surface area contributed by atoms with E-state index in [2.05, 4.69) is 133 Å². The molecule has 0 atom stereocenters. The van der Waals surface area contributed by atoms with E-state index in [0.717, 1.165) is 21.9 Å². The minimum atomic E-state index is -1.35. The third kappa shape index (κ3) is 4.91. The summed E-state index contributed by atoms with van der Waals surface area (Å²) in [7, 11) is -1.35. The molecule has 0 radical (unpaired) electrons. The van der Waals surface area contributed by atoms with E-state index in [1.807, 2.05) is 0 Å². The Kier molecular flexibility index (Phi) is 5.90. The number of rotatable bonds is 4. The third-order valence-electron chi connectivity index (χ3n) is 4.61. The molecule has 30 heavy (non-hydrogen) atoms. The molecule has 148 valence electrons. The molecule has 0 spiro atoms. The Bertz CT molecular complexity index is 1120. The Morgan fingerprint density at radius 1 is 0.633 bits per heavy atom. The van der Waals surface area contributed by atoms with Crippen molar-refractivity contribution in [3.63, 3.8) is 0 Å². The summed E-state index contributed by atoms with van der Waals surface area (Å²) in [5.74, 6) is 3.37. The van der Waals surface area contributed by atoms with E-state index in [-0.39, 0.29) is 0 Å². The number of para-hydroxylation sites is 2. The SMILES string of the molecule is C[Si](C)(C)C#Cc1ccc(-c2ccc(N(c3ccccc3)c3ccccc3)cc2)s1. The van der Waals surface area contributed by atoms with Gasteiger partial charge in [-0.05, 0) is 54.1 Å². The lowest BCUT2D eigenvalue weighted by atomic mass is 10.1. The van der Waals surface area contributed by atoms with Crippen LogP contribution in [0.1, 0.15) is 4.88 Å². The van der Waals surface area contributed by atoms with E-state index in [1.54, 1.807) is 11.3 Å². The number of benzene rings is 3. The zero-order valence-corrected chi connectivity index (χ0v) is 19.4. The fraction of sp³-hybridized carbons (Fsp3) is 0.111. The molecule has 4 rings (SSSR count). The van der Waals surface area contributed by atoms with Crippen LogP contribution in [0.15, 0.2) is 97.1 Å². The van der Waals surface area contributed by atoms with Gasteiger partial charge in [-0.25, -0.2) is 0 Å². The summed E-state index contributed by atoms with van der Waals surface area (Å²) >= 11 is 1.77. The molecule has 1 heterocycles. The smallest absolute Gasteiger partial charge is 0.129 e. The van der Waals surface area contributed by atoms with Gasteiger partial charge >= 0.3 is 0 Å². The van der Waals surface area contributed by atoms with Gasteiger partial charge in [0, 0.05) is 21.9 Å². The Morgan fingerprint density at radius 3 is 1.70 bits per heavy atom. The molecule has 0 bridgehead atoms. The maximum atomic E-state index is 3.46. The van der Waals surface area contributed by atoms with Crippen molar-refractivity contribution in [3.05, 3.63) is 102 Å². The highest BCUT2D eigenvalue weighted by Gasteiger charge is 2.12. The molecule has 0 unspecified atom stereocenters. The van der Waals surface area contributed by atoms with E-state index in [9.17, 15) is 0 Å². The van der Waals surface area contributed by atoms with Crippen molar-refractivity contribution in [1.29, 1.82) is 0 Å². The molecule has 0 aliphatic rings. The van der Waals surface area contributed by atoms with Crippen LogP contribution in [0.3, 0.4) is 0 Å². The monoisotopic (exact) mass is 423 g/mol. The van der Waals surface area contributed by atoms with Gasteiger partial charge in [0.2, 0.25) is 0 Å². The van der Waals surface area contributed by atoms with Crippen LogP contribution < -0.4 is 4.90 Å². The number of hydrogen-bond acceptors (Lipinski definition) is 2. The summed E-state index contributed by atoms with van der Waals surface area (Å²) in [6, 6.07) is 34.1. The molecule has 1 nitrogen and oxygen atoms in total. The largest absolute Gasteiger partial charge is 0.311 e. The summed E-state index contributed by atoms with van der Waals surface area (Å²) < 4.78 is 0. The molecule has 0 aliphatic carbocycles. The van der Waals surface area contributed by atoms with E-state index in [4.69, 9.17) is 0 Å². The predicted octanol–water partition coefficient (Wildman–Crippen LogP) is 8.11. The van der Waals surface area contributed by atoms with Crippen LogP contribution in [0.2, 0.25) is 19.6 Å². The zero-order chi connectivity index (χ0) is 21.0. The highest BCUT2D eigenvalue weighted by Crippen LogP contribution is 2.36. The first-order valence-corrected chi connectivity index (χ1v) is 14.4. The van der Waals surface area contributed by atoms with Crippen molar-refractivity contribution < 1.29 is 0 Å². The Morgan fingerprint density at radius 2 is 1.17 bits per heavy atom. The molecule has 0 aliphatic heterocycles. The minimum absolute atomic E-state index is 1.14.